The number of aromatic nitrogens is 1. The molecule has 0 saturated heterocycles. The van der Waals surface area contributed by atoms with E-state index in [1.54, 1.807) is 13.3 Å². The van der Waals surface area contributed by atoms with Crippen LogP contribution in [0.3, 0.4) is 0 Å². The maximum atomic E-state index is 12.0. The molecule has 2 N–H and O–H groups in total. The SMILES string of the molecule is COc1ccc(C(CNC(=O)NCCc2ccccn2)N(C)C)cc1. The zero-order chi connectivity index (χ0) is 18.1. The Morgan fingerprint density at radius 2 is 1.92 bits per heavy atom. The van der Waals surface area contributed by atoms with Gasteiger partial charge in [-0.2, -0.15) is 0 Å². The number of hydrogen-bond donors (Lipinski definition) is 2. The smallest absolute Gasteiger partial charge is 0.314 e. The van der Waals surface area contributed by atoms with Gasteiger partial charge in [0.25, 0.3) is 0 Å². The maximum absolute atomic E-state index is 12.0. The molecule has 2 aromatic rings. The second kappa shape index (κ2) is 9.64. The number of benzene rings is 1. The largest absolute Gasteiger partial charge is 0.497 e. The molecule has 0 bridgehead atoms. The van der Waals surface area contributed by atoms with Gasteiger partial charge < -0.3 is 20.3 Å². The van der Waals surface area contributed by atoms with E-state index in [0.717, 1.165) is 17.0 Å². The minimum absolute atomic E-state index is 0.0902. The molecule has 1 aromatic carbocycles. The summed E-state index contributed by atoms with van der Waals surface area (Å²) in [6, 6.07) is 13.6. The molecule has 6 heteroatoms. The number of likely N-dealkylation sites (N-methyl/N-ethyl adjacent to an activating group) is 1. The number of ether oxygens (including phenoxy) is 1. The highest BCUT2D eigenvalue weighted by Crippen LogP contribution is 2.20. The van der Waals surface area contributed by atoms with Crippen LogP contribution in [-0.2, 0) is 6.42 Å². The fourth-order valence-corrected chi connectivity index (χ4v) is 2.53. The van der Waals surface area contributed by atoms with Gasteiger partial charge in [-0.05, 0) is 43.9 Å². The van der Waals surface area contributed by atoms with Crippen molar-refractivity contribution in [2.75, 3.05) is 34.3 Å². The number of rotatable bonds is 8. The van der Waals surface area contributed by atoms with Crippen LogP contribution in [0.4, 0.5) is 4.79 Å². The highest BCUT2D eigenvalue weighted by molar-refractivity contribution is 5.73. The Morgan fingerprint density at radius 3 is 2.52 bits per heavy atom. The number of amides is 2. The van der Waals surface area contributed by atoms with Crippen molar-refractivity contribution in [1.29, 1.82) is 0 Å². The molecule has 134 valence electrons. The summed E-state index contributed by atoms with van der Waals surface area (Å²) in [5.74, 6) is 0.821. The van der Waals surface area contributed by atoms with Crippen molar-refractivity contribution in [1.82, 2.24) is 20.5 Å². The van der Waals surface area contributed by atoms with Crippen LogP contribution in [0.25, 0.3) is 0 Å². The second-order valence-corrected chi connectivity index (χ2v) is 5.96. The molecule has 25 heavy (non-hydrogen) atoms. The number of carbonyl (C=O) groups is 1. The Morgan fingerprint density at radius 1 is 1.16 bits per heavy atom. The highest BCUT2D eigenvalue weighted by Gasteiger charge is 2.15. The summed E-state index contributed by atoms with van der Waals surface area (Å²) in [6.07, 6.45) is 2.47. The zero-order valence-corrected chi connectivity index (χ0v) is 15.0. The summed E-state index contributed by atoms with van der Waals surface area (Å²) in [5, 5.41) is 5.80. The first kappa shape index (κ1) is 18.7. The molecule has 0 radical (unpaired) electrons. The van der Waals surface area contributed by atoms with Crippen molar-refractivity contribution >= 4 is 6.03 Å². The molecular formula is C19H26N4O2. The summed E-state index contributed by atoms with van der Waals surface area (Å²) in [7, 11) is 5.64. The fraction of sp³-hybridized carbons (Fsp3) is 0.368. The van der Waals surface area contributed by atoms with E-state index in [0.29, 0.717) is 19.5 Å². The summed E-state index contributed by atoms with van der Waals surface area (Å²) < 4.78 is 5.19. The predicted molar refractivity (Wildman–Crippen MR) is 98.8 cm³/mol. The highest BCUT2D eigenvalue weighted by atomic mass is 16.5. The van der Waals surface area contributed by atoms with Crippen molar-refractivity contribution in [3.8, 4) is 5.75 Å². The van der Waals surface area contributed by atoms with Crippen molar-refractivity contribution < 1.29 is 9.53 Å². The molecule has 0 aliphatic heterocycles. The first-order valence-corrected chi connectivity index (χ1v) is 8.32. The molecule has 1 atom stereocenters. The lowest BCUT2D eigenvalue weighted by molar-refractivity contribution is 0.233. The van der Waals surface area contributed by atoms with E-state index in [1.165, 1.54) is 0 Å². The van der Waals surface area contributed by atoms with Gasteiger partial charge in [-0.3, -0.25) is 4.98 Å². The van der Waals surface area contributed by atoms with E-state index in [4.69, 9.17) is 4.74 Å². The average molecular weight is 342 g/mol. The van der Waals surface area contributed by atoms with Crippen molar-refractivity contribution in [2.24, 2.45) is 0 Å². The van der Waals surface area contributed by atoms with Gasteiger partial charge in [-0.15, -0.1) is 0 Å². The molecule has 0 aliphatic rings. The monoisotopic (exact) mass is 342 g/mol. The minimum Gasteiger partial charge on any atom is -0.497 e. The molecule has 2 rings (SSSR count). The molecule has 0 saturated carbocycles. The summed E-state index contributed by atoms with van der Waals surface area (Å²) >= 11 is 0. The average Bonchev–Trinajstić information content (AvgIpc) is 2.63. The lowest BCUT2D eigenvalue weighted by Gasteiger charge is -2.25. The van der Waals surface area contributed by atoms with Crippen LogP contribution >= 0.6 is 0 Å². The van der Waals surface area contributed by atoms with Crippen LogP contribution in [0.5, 0.6) is 5.75 Å². The second-order valence-electron chi connectivity index (χ2n) is 5.96. The van der Waals surface area contributed by atoms with Gasteiger partial charge in [-0.25, -0.2) is 4.79 Å². The van der Waals surface area contributed by atoms with Gasteiger partial charge in [0.05, 0.1) is 13.2 Å². The molecule has 2 amide bonds. The van der Waals surface area contributed by atoms with Gasteiger partial charge >= 0.3 is 6.03 Å². The molecular weight excluding hydrogens is 316 g/mol. The zero-order valence-electron chi connectivity index (χ0n) is 15.0. The van der Waals surface area contributed by atoms with Crippen LogP contribution in [0, 0.1) is 0 Å². The van der Waals surface area contributed by atoms with Crippen LogP contribution in [-0.4, -0.2) is 50.2 Å². The number of carbonyl (C=O) groups excluding carboxylic acids is 1. The standard InChI is InChI=1S/C19H26N4O2/c1-23(2)18(15-7-9-17(25-3)10-8-15)14-22-19(24)21-13-11-16-6-4-5-12-20-16/h4-10,12,18H,11,13-14H2,1-3H3,(H2,21,22,24). The minimum atomic E-state index is -0.170. The predicted octanol–water partition coefficient (Wildman–Crippen LogP) is 2.23. The van der Waals surface area contributed by atoms with Crippen molar-refractivity contribution in [3.05, 3.63) is 59.9 Å². The van der Waals surface area contributed by atoms with Gasteiger partial charge in [0.1, 0.15) is 5.75 Å². The number of hydrogen-bond acceptors (Lipinski definition) is 4. The third kappa shape index (κ3) is 6.08. The van der Waals surface area contributed by atoms with Crippen molar-refractivity contribution in [3.63, 3.8) is 0 Å². The van der Waals surface area contributed by atoms with Gasteiger partial charge in [-0.1, -0.05) is 18.2 Å². The number of nitrogens with zero attached hydrogens (tertiary/aromatic N) is 2. The molecule has 0 fully saturated rings. The quantitative estimate of drug-likeness (QED) is 0.772. The Kier molecular flexibility index (Phi) is 7.22. The van der Waals surface area contributed by atoms with E-state index in [-0.39, 0.29) is 12.1 Å². The van der Waals surface area contributed by atoms with E-state index in [9.17, 15) is 4.79 Å². The Balaban J connectivity index is 1.80. The normalized spacial score (nSPS) is 11.8. The number of pyridine rings is 1. The van der Waals surface area contributed by atoms with E-state index in [1.807, 2.05) is 56.6 Å². The summed E-state index contributed by atoms with van der Waals surface area (Å²) in [6.45, 7) is 1.08. The summed E-state index contributed by atoms with van der Waals surface area (Å²) in [5.41, 5.74) is 2.09. The maximum Gasteiger partial charge on any atom is 0.314 e. The fourth-order valence-electron chi connectivity index (χ4n) is 2.53. The van der Waals surface area contributed by atoms with Crippen LogP contribution in [0.2, 0.25) is 0 Å². The number of nitrogens with one attached hydrogen (secondary N) is 2. The van der Waals surface area contributed by atoms with E-state index in [2.05, 4.69) is 20.5 Å². The first-order chi connectivity index (χ1) is 12.1. The molecule has 1 heterocycles. The number of urea groups is 1. The van der Waals surface area contributed by atoms with Gasteiger partial charge in [0.15, 0.2) is 0 Å². The van der Waals surface area contributed by atoms with Gasteiger partial charge in [0.2, 0.25) is 0 Å². The first-order valence-electron chi connectivity index (χ1n) is 8.32. The van der Waals surface area contributed by atoms with Crippen LogP contribution in [0.15, 0.2) is 48.7 Å². The van der Waals surface area contributed by atoms with E-state index >= 15 is 0 Å². The van der Waals surface area contributed by atoms with E-state index < -0.39 is 0 Å². The van der Waals surface area contributed by atoms with Crippen LogP contribution < -0.4 is 15.4 Å². The lowest BCUT2D eigenvalue weighted by Crippen LogP contribution is -2.41. The topological polar surface area (TPSA) is 66.5 Å². The third-order valence-electron chi connectivity index (χ3n) is 3.97. The third-order valence-corrected chi connectivity index (χ3v) is 3.97. The van der Waals surface area contributed by atoms with Gasteiger partial charge in [0, 0.05) is 31.4 Å². The lowest BCUT2D eigenvalue weighted by atomic mass is 10.1. The van der Waals surface area contributed by atoms with Crippen molar-refractivity contribution in [2.45, 2.75) is 12.5 Å². The molecule has 0 aliphatic carbocycles. The number of methoxy groups -OCH3 is 1. The Labute approximate surface area is 149 Å². The molecule has 1 unspecified atom stereocenters. The molecule has 0 spiro atoms. The van der Waals surface area contributed by atoms with Crippen LogP contribution in [0.1, 0.15) is 17.3 Å². The summed E-state index contributed by atoms with van der Waals surface area (Å²) in [4.78, 5) is 18.3. The Bertz CT molecular complexity index is 644. The molecule has 1 aromatic heterocycles. The molecule has 6 nitrogen and oxygen atoms in total. The Hall–Kier alpha value is -2.60.